The average Bonchev–Trinajstić information content (AvgIpc) is 2.93. The third-order valence-electron chi connectivity index (χ3n) is 3.07. The molecule has 0 aliphatic carbocycles. The number of carbonyl (C=O) groups is 1. The second kappa shape index (κ2) is 5.93. The Bertz CT molecular complexity index is 782. The van der Waals surface area contributed by atoms with Crippen molar-refractivity contribution in [3.8, 4) is 0 Å². The van der Waals surface area contributed by atoms with E-state index in [4.69, 9.17) is 5.73 Å². The topological polar surface area (TPSA) is 70.9 Å². The molecule has 3 rings (SSSR count). The molecular formula is C16H15N3OS. The number of thioether (sulfide) groups is 1. The summed E-state index contributed by atoms with van der Waals surface area (Å²) >= 11 is 1.47. The number of rotatable bonds is 4. The Kier molecular flexibility index (Phi) is 3.83. The predicted molar refractivity (Wildman–Crippen MR) is 88.5 cm³/mol. The van der Waals surface area contributed by atoms with Crippen LogP contribution in [0.2, 0.25) is 0 Å². The van der Waals surface area contributed by atoms with Gasteiger partial charge >= 0.3 is 0 Å². The molecule has 0 atom stereocenters. The zero-order valence-electron chi connectivity index (χ0n) is 11.3. The summed E-state index contributed by atoms with van der Waals surface area (Å²) < 4.78 is 0. The molecule has 1 heterocycles. The summed E-state index contributed by atoms with van der Waals surface area (Å²) in [7, 11) is 0. The Morgan fingerprint density at radius 3 is 2.95 bits per heavy atom. The first-order valence-electron chi connectivity index (χ1n) is 6.56. The largest absolute Gasteiger partial charge is 0.399 e. The third kappa shape index (κ3) is 3.38. The first-order valence-corrected chi connectivity index (χ1v) is 7.54. The van der Waals surface area contributed by atoms with Crippen LogP contribution in [0.15, 0.2) is 59.6 Å². The van der Waals surface area contributed by atoms with Gasteiger partial charge in [0.05, 0.1) is 5.75 Å². The van der Waals surface area contributed by atoms with Gasteiger partial charge in [0.1, 0.15) is 0 Å². The summed E-state index contributed by atoms with van der Waals surface area (Å²) in [5.74, 6) is 0.319. The number of aromatic amines is 1. The molecule has 0 spiro atoms. The van der Waals surface area contributed by atoms with Gasteiger partial charge in [-0.3, -0.25) is 4.79 Å². The molecule has 2 aromatic carbocycles. The number of fused-ring (bicyclic) bond motifs is 1. The number of aromatic nitrogens is 1. The minimum atomic E-state index is -0.0340. The molecule has 0 fully saturated rings. The van der Waals surface area contributed by atoms with Crippen LogP contribution in [0.3, 0.4) is 0 Å². The first-order chi connectivity index (χ1) is 10.2. The van der Waals surface area contributed by atoms with Gasteiger partial charge in [-0.1, -0.05) is 12.1 Å². The van der Waals surface area contributed by atoms with Gasteiger partial charge in [0.2, 0.25) is 5.91 Å². The maximum Gasteiger partial charge on any atom is 0.234 e. The molecule has 0 bridgehead atoms. The Labute approximate surface area is 126 Å². The van der Waals surface area contributed by atoms with Gasteiger partial charge < -0.3 is 16.0 Å². The number of benzene rings is 2. The van der Waals surface area contributed by atoms with E-state index in [1.54, 1.807) is 0 Å². The first kappa shape index (κ1) is 13.6. The lowest BCUT2D eigenvalue weighted by Crippen LogP contribution is -2.13. The molecule has 0 saturated carbocycles. The average molecular weight is 297 g/mol. The highest BCUT2D eigenvalue weighted by Crippen LogP contribution is 2.21. The van der Waals surface area contributed by atoms with Crippen LogP contribution in [0.25, 0.3) is 10.9 Å². The van der Waals surface area contributed by atoms with Gasteiger partial charge in [0.25, 0.3) is 0 Å². The fourth-order valence-electron chi connectivity index (χ4n) is 2.08. The second-order valence-corrected chi connectivity index (χ2v) is 5.74. The van der Waals surface area contributed by atoms with Crippen LogP contribution in [0.1, 0.15) is 0 Å². The van der Waals surface area contributed by atoms with Crippen molar-refractivity contribution in [1.82, 2.24) is 4.98 Å². The van der Waals surface area contributed by atoms with Crippen LogP contribution in [0, 0.1) is 0 Å². The number of amides is 1. The van der Waals surface area contributed by atoms with Crippen molar-refractivity contribution >= 4 is 39.9 Å². The molecule has 0 aliphatic rings. The number of H-pyrrole nitrogens is 1. The molecule has 0 aliphatic heterocycles. The Hall–Kier alpha value is -2.40. The highest BCUT2D eigenvalue weighted by atomic mass is 32.2. The van der Waals surface area contributed by atoms with Gasteiger partial charge in [-0.25, -0.2) is 0 Å². The van der Waals surface area contributed by atoms with Gasteiger partial charge in [0, 0.05) is 28.0 Å². The minimum absolute atomic E-state index is 0.0340. The summed E-state index contributed by atoms with van der Waals surface area (Å²) in [6, 6.07) is 15.3. The van der Waals surface area contributed by atoms with Crippen LogP contribution in [-0.4, -0.2) is 16.6 Å². The van der Waals surface area contributed by atoms with Gasteiger partial charge in [-0.05, 0) is 41.8 Å². The SMILES string of the molecule is Nc1cccc(SCC(=O)Nc2ccc3cc[nH]c3c2)c1. The number of nitrogen functional groups attached to an aromatic ring is 1. The Morgan fingerprint density at radius 1 is 1.19 bits per heavy atom. The molecule has 0 saturated heterocycles. The van der Waals surface area contributed by atoms with E-state index in [-0.39, 0.29) is 5.91 Å². The highest BCUT2D eigenvalue weighted by molar-refractivity contribution is 8.00. The molecule has 4 N–H and O–H groups in total. The standard InChI is InChI=1S/C16H15N3OS/c17-12-2-1-3-14(8-12)21-10-16(20)19-13-5-4-11-6-7-18-15(11)9-13/h1-9,18H,10,17H2,(H,19,20). The van der Waals surface area contributed by atoms with E-state index in [0.717, 1.165) is 21.5 Å². The summed E-state index contributed by atoms with van der Waals surface area (Å²) in [6.45, 7) is 0. The molecule has 5 heteroatoms. The van der Waals surface area contributed by atoms with Crippen molar-refractivity contribution in [3.05, 3.63) is 54.7 Å². The van der Waals surface area contributed by atoms with E-state index in [2.05, 4.69) is 10.3 Å². The van der Waals surface area contributed by atoms with Crippen LogP contribution in [0.5, 0.6) is 0 Å². The predicted octanol–water partition coefficient (Wildman–Crippen LogP) is 3.48. The summed E-state index contributed by atoms with van der Waals surface area (Å²) in [4.78, 5) is 16.1. The fourth-order valence-corrected chi connectivity index (χ4v) is 2.84. The molecule has 1 aromatic heterocycles. The lowest BCUT2D eigenvalue weighted by molar-refractivity contribution is -0.113. The molecule has 0 unspecified atom stereocenters. The maximum atomic E-state index is 12.0. The maximum absolute atomic E-state index is 12.0. The molecular weight excluding hydrogens is 282 g/mol. The van der Waals surface area contributed by atoms with Gasteiger partial charge in [-0.15, -0.1) is 11.8 Å². The van der Waals surface area contributed by atoms with E-state index in [9.17, 15) is 4.79 Å². The smallest absolute Gasteiger partial charge is 0.234 e. The number of anilines is 2. The fraction of sp³-hybridized carbons (Fsp3) is 0.0625. The van der Waals surface area contributed by atoms with Crippen LogP contribution < -0.4 is 11.1 Å². The quantitative estimate of drug-likeness (QED) is 0.510. The van der Waals surface area contributed by atoms with E-state index in [1.165, 1.54) is 11.8 Å². The third-order valence-corrected chi connectivity index (χ3v) is 4.06. The molecule has 106 valence electrons. The zero-order chi connectivity index (χ0) is 14.7. The summed E-state index contributed by atoms with van der Waals surface area (Å²) in [6.07, 6.45) is 1.88. The van der Waals surface area contributed by atoms with E-state index in [1.807, 2.05) is 54.7 Å². The van der Waals surface area contributed by atoms with Crippen molar-refractivity contribution in [2.24, 2.45) is 0 Å². The second-order valence-electron chi connectivity index (χ2n) is 4.69. The molecule has 1 amide bonds. The number of nitrogens with one attached hydrogen (secondary N) is 2. The van der Waals surface area contributed by atoms with E-state index >= 15 is 0 Å². The van der Waals surface area contributed by atoms with Gasteiger partial charge in [0.15, 0.2) is 0 Å². The van der Waals surface area contributed by atoms with E-state index in [0.29, 0.717) is 11.4 Å². The van der Waals surface area contributed by atoms with Crippen LogP contribution in [-0.2, 0) is 4.79 Å². The summed E-state index contributed by atoms with van der Waals surface area (Å²) in [5, 5.41) is 4.02. The number of hydrogen-bond donors (Lipinski definition) is 3. The lowest BCUT2D eigenvalue weighted by atomic mass is 10.2. The van der Waals surface area contributed by atoms with Crippen molar-refractivity contribution < 1.29 is 4.79 Å². The molecule has 3 aromatic rings. The van der Waals surface area contributed by atoms with E-state index < -0.39 is 0 Å². The number of carbonyl (C=O) groups excluding carboxylic acids is 1. The number of nitrogens with two attached hydrogens (primary N) is 1. The monoisotopic (exact) mass is 297 g/mol. The van der Waals surface area contributed by atoms with Crippen LogP contribution in [0.4, 0.5) is 11.4 Å². The van der Waals surface area contributed by atoms with Crippen molar-refractivity contribution in [3.63, 3.8) is 0 Å². The molecule has 0 radical (unpaired) electrons. The van der Waals surface area contributed by atoms with Crippen molar-refractivity contribution in [1.29, 1.82) is 0 Å². The Balaban J connectivity index is 1.60. The van der Waals surface area contributed by atoms with Crippen molar-refractivity contribution in [2.45, 2.75) is 4.90 Å². The van der Waals surface area contributed by atoms with Crippen LogP contribution >= 0.6 is 11.8 Å². The molecule has 21 heavy (non-hydrogen) atoms. The van der Waals surface area contributed by atoms with Crippen molar-refractivity contribution in [2.75, 3.05) is 16.8 Å². The Morgan fingerprint density at radius 2 is 2.10 bits per heavy atom. The zero-order valence-corrected chi connectivity index (χ0v) is 12.1. The minimum Gasteiger partial charge on any atom is -0.399 e. The highest BCUT2D eigenvalue weighted by Gasteiger charge is 2.05. The number of hydrogen-bond acceptors (Lipinski definition) is 3. The molecule has 4 nitrogen and oxygen atoms in total. The van der Waals surface area contributed by atoms with Gasteiger partial charge in [-0.2, -0.15) is 0 Å². The lowest BCUT2D eigenvalue weighted by Gasteiger charge is -2.06. The normalized spacial score (nSPS) is 10.7. The summed E-state index contributed by atoms with van der Waals surface area (Å²) in [5.41, 5.74) is 8.22.